The summed E-state index contributed by atoms with van der Waals surface area (Å²) in [7, 11) is 0. The normalized spacial score (nSPS) is 19.5. The van der Waals surface area contributed by atoms with Crippen LogP contribution < -0.4 is 0 Å². The number of likely N-dealkylation sites (tertiary alicyclic amines) is 1. The molecule has 0 aromatic carbocycles. The lowest BCUT2D eigenvalue weighted by Crippen LogP contribution is -2.24. The minimum atomic E-state index is 0.125. The Hall–Kier alpha value is -1.66. The van der Waals surface area contributed by atoms with E-state index in [1.165, 1.54) is 12.0 Å². The fourth-order valence-electron chi connectivity index (χ4n) is 3.26. The molecule has 0 spiro atoms. The Morgan fingerprint density at radius 3 is 3.00 bits per heavy atom. The zero-order chi connectivity index (χ0) is 14.8. The van der Waals surface area contributed by atoms with Crippen molar-refractivity contribution in [2.45, 2.75) is 45.8 Å². The maximum Gasteiger partial charge on any atom is 0.123 e. The predicted octanol–water partition coefficient (Wildman–Crippen LogP) is 1.55. The molecule has 6 heteroatoms. The molecule has 21 heavy (non-hydrogen) atoms. The molecule has 0 bridgehead atoms. The van der Waals surface area contributed by atoms with Crippen LogP contribution in [-0.4, -0.2) is 42.9 Å². The van der Waals surface area contributed by atoms with E-state index < -0.39 is 0 Å². The third kappa shape index (κ3) is 2.73. The number of nitrogens with one attached hydrogen (secondary N) is 1. The number of aliphatic hydroxyl groups is 1. The summed E-state index contributed by atoms with van der Waals surface area (Å²) in [5.74, 6) is 1.06. The van der Waals surface area contributed by atoms with E-state index in [2.05, 4.69) is 26.9 Å². The first-order chi connectivity index (χ1) is 10.2. The summed E-state index contributed by atoms with van der Waals surface area (Å²) in [6.07, 6.45) is 6.06. The minimum absolute atomic E-state index is 0.125. The Morgan fingerprint density at radius 1 is 1.43 bits per heavy atom. The second-order valence-electron chi connectivity index (χ2n) is 5.70. The molecule has 114 valence electrons. The molecule has 1 aliphatic heterocycles. The molecule has 1 fully saturated rings. The number of imidazole rings is 1. The molecule has 0 amide bonds. The highest BCUT2D eigenvalue weighted by Gasteiger charge is 2.29. The van der Waals surface area contributed by atoms with Crippen LogP contribution in [0.1, 0.15) is 41.7 Å². The van der Waals surface area contributed by atoms with Gasteiger partial charge in [0, 0.05) is 30.2 Å². The van der Waals surface area contributed by atoms with Crippen LogP contribution in [0.5, 0.6) is 0 Å². The van der Waals surface area contributed by atoms with Gasteiger partial charge in [-0.15, -0.1) is 0 Å². The first kappa shape index (κ1) is 14.3. The van der Waals surface area contributed by atoms with Crippen molar-refractivity contribution in [2.24, 2.45) is 0 Å². The summed E-state index contributed by atoms with van der Waals surface area (Å²) in [6.45, 7) is 6.81. The van der Waals surface area contributed by atoms with E-state index in [1.54, 1.807) is 0 Å². The van der Waals surface area contributed by atoms with Gasteiger partial charge >= 0.3 is 0 Å². The Morgan fingerprint density at radius 2 is 2.29 bits per heavy atom. The van der Waals surface area contributed by atoms with Gasteiger partial charge < -0.3 is 10.1 Å². The summed E-state index contributed by atoms with van der Waals surface area (Å²) in [4.78, 5) is 10.1. The van der Waals surface area contributed by atoms with E-state index in [0.717, 1.165) is 36.7 Å². The number of aryl methyl sites for hydroxylation is 1. The van der Waals surface area contributed by atoms with E-state index in [-0.39, 0.29) is 6.61 Å². The van der Waals surface area contributed by atoms with E-state index in [0.29, 0.717) is 12.6 Å². The summed E-state index contributed by atoms with van der Waals surface area (Å²) >= 11 is 0. The number of H-pyrrole nitrogens is 1. The molecular weight excluding hydrogens is 266 g/mol. The average molecular weight is 289 g/mol. The maximum absolute atomic E-state index is 9.11. The molecule has 1 aliphatic rings. The maximum atomic E-state index is 9.11. The number of aromatic nitrogens is 4. The van der Waals surface area contributed by atoms with Gasteiger partial charge in [-0.1, -0.05) is 0 Å². The lowest BCUT2D eigenvalue weighted by atomic mass is 10.1. The first-order valence-electron chi connectivity index (χ1n) is 7.57. The fraction of sp³-hybridized carbons (Fsp3) is 0.600. The van der Waals surface area contributed by atoms with Gasteiger partial charge in [-0.25, -0.2) is 4.98 Å². The van der Waals surface area contributed by atoms with E-state index in [4.69, 9.17) is 5.11 Å². The highest BCUT2D eigenvalue weighted by Crippen LogP contribution is 2.32. The number of aliphatic hydroxyl groups excluding tert-OH is 1. The third-order valence-corrected chi connectivity index (χ3v) is 4.40. The summed E-state index contributed by atoms with van der Waals surface area (Å²) in [6, 6.07) is 0.375. The second kappa shape index (κ2) is 5.99. The van der Waals surface area contributed by atoms with Crippen molar-refractivity contribution in [2.75, 3.05) is 13.2 Å². The number of hydrogen-bond donors (Lipinski definition) is 2. The van der Waals surface area contributed by atoms with Crippen molar-refractivity contribution < 1.29 is 5.11 Å². The van der Waals surface area contributed by atoms with Gasteiger partial charge in [-0.05, 0) is 33.2 Å². The highest BCUT2D eigenvalue weighted by molar-refractivity contribution is 5.25. The molecule has 2 aromatic rings. The standard InChI is InChI=1S/C15H23N5O/c1-11-13(12(2)20(18-11)8-9-21)10-19-7-3-4-14(19)15-16-5-6-17-15/h5-6,14,21H,3-4,7-10H2,1-2H3,(H,16,17). The zero-order valence-electron chi connectivity index (χ0n) is 12.7. The first-order valence-corrected chi connectivity index (χ1v) is 7.57. The number of rotatable bonds is 5. The zero-order valence-corrected chi connectivity index (χ0v) is 12.7. The molecular formula is C15H23N5O. The van der Waals surface area contributed by atoms with Crippen molar-refractivity contribution in [1.82, 2.24) is 24.6 Å². The van der Waals surface area contributed by atoms with Crippen LogP contribution in [0.4, 0.5) is 0 Å². The smallest absolute Gasteiger partial charge is 0.123 e. The molecule has 1 unspecified atom stereocenters. The quantitative estimate of drug-likeness (QED) is 0.876. The minimum Gasteiger partial charge on any atom is -0.394 e. The van der Waals surface area contributed by atoms with Crippen molar-refractivity contribution in [3.63, 3.8) is 0 Å². The van der Waals surface area contributed by atoms with Crippen LogP contribution in [0, 0.1) is 13.8 Å². The molecule has 0 radical (unpaired) electrons. The monoisotopic (exact) mass is 289 g/mol. The number of aromatic amines is 1. The Bertz CT molecular complexity index is 589. The average Bonchev–Trinajstić information content (AvgIpc) is 3.17. The van der Waals surface area contributed by atoms with Crippen LogP contribution in [-0.2, 0) is 13.1 Å². The summed E-state index contributed by atoms with van der Waals surface area (Å²) in [5, 5.41) is 13.6. The van der Waals surface area contributed by atoms with Gasteiger partial charge in [0.1, 0.15) is 5.82 Å². The van der Waals surface area contributed by atoms with E-state index >= 15 is 0 Å². The van der Waals surface area contributed by atoms with Crippen molar-refractivity contribution >= 4 is 0 Å². The van der Waals surface area contributed by atoms with Gasteiger partial charge in [-0.3, -0.25) is 9.58 Å². The van der Waals surface area contributed by atoms with E-state index in [9.17, 15) is 0 Å². The molecule has 3 rings (SSSR count). The summed E-state index contributed by atoms with van der Waals surface area (Å²) in [5.41, 5.74) is 3.50. The second-order valence-corrected chi connectivity index (χ2v) is 5.70. The molecule has 2 aromatic heterocycles. The fourth-order valence-corrected chi connectivity index (χ4v) is 3.26. The highest BCUT2D eigenvalue weighted by atomic mass is 16.3. The van der Waals surface area contributed by atoms with Gasteiger partial charge in [0.15, 0.2) is 0 Å². The molecule has 2 N–H and O–H groups in total. The van der Waals surface area contributed by atoms with Crippen molar-refractivity contribution in [3.05, 3.63) is 35.2 Å². The van der Waals surface area contributed by atoms with Crippen molar-refractivity contribution in [1.29, 1.82) is 0 Å². The lowest BCUT2D eigenvalue weighted by molar-refractivity contribution is 0.239. The Kier molecular flexibility index (Phi) is 4.07. The van der Waals surface area contributed by atoms with E-state index in [1.807, 2.05) is 24.0 Å². The van der Waals surface area contributed by atoms with Crippen LogP contribution in [0.2, 0.25) is 0 Å². The van der Waals surface area contributed by atoms with Crippen LogP contribution in [0.25, 0.3) is 0 Å². The molecule has 1 saturated heterocycles. The number of hydrogen-bond acceptors (Lipinski definition) is 4. The topological polar surface area (TPSA) is 70.0 Å². The largest absolute Gasteiger partial charge is 0.394 e. The van der Waals surface area contributed by atoms with Crippen LogP contribution in [0.15, 0.2) is 12.4 Å². The predicted molar refractivity (Wildman–Crippen MR) is 79.8 cm³/mol. The third-order valence-electron chi connectivity index (χ3n) is 4.40. The van der Waals surface area contributed by atoms with Gasteiger partial charge in [0.05, 0.1) is 24.9 Å². The lowest BCUT2D eigenvalue weighted by Gasteiger charge is -2.23. The molecule has 1 atom stereocenters. The van der Waals surface area contributed by atoms with Crippen LogP contribution in [0.3, 0.4) is 0 Å². The summed E-state index contributed by atoms with van der Waals surface area (Å²) < 4.78 is 1.91. The Balaban J connectivity index is 1.80. The SMILES string of the molecule is Cc1nn(CCO)c(C)c1CN1CCCC1c1ncc[nH]1. The molecule has 0 saturated carbocycles. The molecule has 6 nitrogen and oxygen atoms in total. The van der Waals surface area contributed by atoms with Gasteiger partial charge in [0.25, 0.3) is 0 Å². The van der Waals surface area contributed by atoms with Crippen LogP contribution >= 0.6 is 0 Å². The van der Waals surface area contributed by atoms with Gasteiger partial charge in [0.2, 0.25) is 0 Å². The Labute approximate surface area is 124 Å². The van der Waals surface area contributed by atoms with Gasteiger partial charge in [-0.2, -0.15) is 5.10 Å². The molecule has 3 heterocycles. The number of nitrogens with zero attached hydrogens (tertiary/aromatic N) is 4. The molecule has 0 aliphatic carbocycles. The van der Waals surface area contributed by atoms with Crippen molar-refractivity contribution in [3.8, 4) is 0 Å².